The molecule has 1 atom stereocenters. The minimum Gasteiger partial charge on any atom is -0.346 e. The molecule has 0 aliphatic carbocycles. The van der Waals surface area contributed by atoms with E-state index in [-0.39, 0.29) is 11.9 Å². The number of nitrogens with one attached hydrogen (secondary N) is 1. The first-order valence-electron chi connectivity index (χ1n) is 7.53. The number of rotatable bonds is 5. The van der Waals surface area contributed by atoms with Crippen LogP contribution in [-0.4, -0.2) is 15.5 Å². The normalized spacial score (nSPS) is 12.1. The molecule has 0 aliphatic rings. The van der Waals surface area contributed by atoms with E-state index in [2.05, 4.69) is 40.0 Å². The summed E-state index contributed by atoms with van der Waals surface area (Å²) in [5.41, 5.74) is 3.24. The first-order valence-corrected chi connectivity index (χ1v) is 8.41. The summed E-state index contributed by atoms with van der Waals surface area (Å²) in [7, 11) is 0. The van der Waals surface area contributed by atoms with E-state index in [1.807, 2.05) is 42.9 Å². The Morgan fingerprint density at radius 1 is 1.26 bits per heavy atom. The van der Waals surface area contributed by atoms with E-state index in [4.69, 9.17) is 0 Å². The number of hydrogen-bond acceptors (Lipinski definition) is 3. The molecule has 23 heavy (non-hydrogen) atoms. The average Bonchev–Trinajstić information content (AvgIpc) is 3.17. The predicted octanol–water partition coefficient (Wildman–Crippen LogP) is 4.18. The molecule has 1 N–H and O–H groups in total. The van der Waals surface area contributed by atoms with Crippen molar-refractivity contribution in [3.63, 3.8) is 0 Å². The first kappa shape index (κ1) is 15.5. The monoisotopic (exact) mass is 325 g/mol. The Balaban J connectivity index is 1.80. The van der Waals surface area contributed by atoms with E-state index in [1.165, 1.54) is 16.9 Å². The van der Waals surface area contributed by atoms with Crippen molar-refractivity contribution in [3.05, 3.63) is 71.0 Å². The quantitative estimate of drug-likeness (QED) is 0.765. The van der Waals surface area contributed by atoms with Gasteiger partial charge in [-0.3, -0.25) is 4.79 Å². The van der Waals surface area contributed by atoms with E-state index >= 15 is 0 Å². The van der Waals surface area contributed by atoms with Crippen molar-refractivity contribution in [2.45, 2.75) is 26.3 Å². The number of carbonyl (C=O) groups is 1. The average molecular weight is 325 g/mol. The Bertz CT molecular complexity index is 792. The molecule has 0 saturated carbocycles. The highest BCUT2D eigenvalue weighted by Gasteiger charge is 2.18. The largest absolute Gasteiger partial charge is 0.346 e. The number of carbonyl (C=O) groups excluding carboxylic acids is 1. The summed E-state index contributed by atoms with van der Waals surface area (Å²) in [5.74, 6) is -0.0282. The predicted molar refractivity (Wildman–Crippen MR) is 93.8 cm³/mol. The van der Waals surface area contributed by atoms with Gasteiger partial charge < -0.3 is 9.88 Å². The summed E-state index contributed by atoms with van der Waals surface area (Å²) < 4.78 is 2.07. The summed E-state index contributed by atoms with van der Waals surface area (Å²) in [6.45, 7) is 3.98. The smallest absolute Gasteiger partial charge is 0.228 e. The Kier molecular flexibility index (Phi) is 4.57. The standard InChI is InChI=1S/C18H19N3OS/c1-13-6-5-7-15(10-13)16(21-8-3-4-9-21)11-17(22)20-18-19-14(2)12-23-18/h3-10,12,16H,11H2,1-2H3,(H,19,20,22). The van der Waals surface area contributed by atoms with Crippen LogP contribution in [0.3, 0.4) is 0 Å². The lowest BCUT2D eigenvalue weighted by Crippen LogP contribution is -2.19. The lowest BCUT2D eigenvalue weighted by molar-refractivity contribution is -0.116. The highest BCUT2D eigenvalue weighted by Crippen LogP contribution is 2.24. The van der Waals surface area contributed by atoms with Gasteiger partial charge in [-0.1, -0.05) is 29.8 Å². The summed E-state index contributed by atoms with van der Waals surface area (Å²) in [4.78, 5) is 16.7. The lowest BCUT2D eigenvalue weighted by atomic mass is 10.0. The molecule has 0 fully saturated rings. The zero-order chi connectivity index (χ0) is 16.2. The van der Waals surface area contributed by atoms with Crippen molar-refractivity contribution in [2.75, 3.05) is 5.32 Å². The third-order valence-electron chi connectivity index (χ3n) is 3.66. The van der Waals surface area contributed by atoms with Crippen LogP contribution in [0.1, 0.15) is 29.3 Å². The van der Waals surface area contributed by atoms with Gasteiger partial charge >= 0.3 is 0 Å². The molecule has 2 aromatic heterocycles. The van der Waals surface area contributed by atoms with E-state index in [0.717, 1.165) is 11.3 Å². The lowest BCUT2D eigenvalue weighted by Gasteiger charge is -2.19. The molecule has 118 valence electrons. The number of benzene rings is 1. The fourth-order valence-corrected chi connectivity index (χ4v) is 3.29. The molecule has 2 heterocycles. The van der Waals surface area contributed by atoms with Gasteiger partial charge in [-0.15, -0.1) is 11.3 Å². The Hall–Kier alpha value is -2.40. The number of anilines is 1. The van der Waals surface area contributed by atoms with Gasteiger partial charge in [0.2, 0.25) is 5.91 Å². The maximum Gasteiger partial charge on any atom is 0.228 e. The van der Waals surface area contributed by atoms with Crippen LogP contribution in [0.15, 0.2) is 54.2 Å². The van der Waals surface area contributed by atoms with Crippen LogP contribution in [0.25, 0.3) is 0 Å². The van der Waals surface area contributed by atoms with Gasteiger partial charge in [0.1, 0.15) is 0 Å². The van der Waals surface area contributed by atoms with Crippen molar-refractivity contribution in [1.29, 1.82) is 0 Å². The van der Waals surface area contributed by atoms with Gasteiger partial charge in [0.05, 0.1) is 18.2 Å². The van der Waals surface area contributed by atoms with Crippen LogP contribution in [0.2, 0.25) is 0 Å². The van der Waals surface area contributed by atoms with Crippen LogP contribution in [0.4, 0.5) is 5.13 Å². The van der Waals surface area contributed by atoms with Crippen molar-refractivity contribution in [1.82, 2.24) is 9.55 Å². The number of nitrogens with zero attached hydrogens (tertiary/aromatic N) is 2. The van der Waals surface area contributed by atoms with E-state index in [0.29, 0.717) is 11.6 Å². The topological polar surface area (TPSA) is 46.9 Å². The molecule has 0 aliphatic heterocycles. The number of aromatic nitrogens is 2. The SMILES string of the molecule is Cc1cccc(C(CC(=O)Nc2nc(C)cs2)n2cccc2)c1. The van der Waals surface area contributed by atoms with Crippen molar-refractivity contribution in [2.24, 2.45) is 0 Å². The number of hydrogen-bond donors (Lipinski definition) is 1. The Labute approximate surface area is 139 Å². The van der Waals surface area contributed by atoms with Crippen LogP contribution in [0.5, 0.6) is 0 Å². The van der Waals surface area contributed by atoms with Crippen molar-refractivity contribution < 1.29 is 4.79 Å². The number of amides is 1. The molecule has 0 bridgehead atoms. The summed E-state index contributed by atoms with van der Waals surface area (Å²) in [6, 6.07) is 12.2. The third-order valence-corrected chi connectivity index (χ3v) is 4.53. The molecular weight excluding hydrogens is 306 g/mol. The molecule has 1 amide bonds. The summed E-state index contributed by atoms with van der Waals surface area (Å²) >= 11 is 1.45. The highest BCUT2D eigenvalue weighted by atomic mass is 32.1. The van der Waals surface area contributed by atoms with Gasteiger partial charge in [0.15, 0.2) is 5.13 Å². The molecule has 4 nitrogen and oxygen atoms in total. The maximum atomic E-state index is 12.4. The molecular formula is C18H19N3OS. The second kappa shape index (κ2) is 6.79. The minimum atomic E-state index is -0.0282. The van der Waals surface area contributed by atoms with Crippen LogP contribution in [0, 0.1) is 13.8 Å². The second-order valence-electron chi connectivity index (χ2n) is 5.61. The van der Waals surface area contributed by atoms with E-state index in [1.54, 1.807) is 0 Å². The molecule has 1 aromatic carbocycles. The minimum absolute atomic E-state index is 0.0223. The molecule has 5 heteroatoms. The van der Waals surface area contributed by atoms with Gasteiger partial charge in [-0.05, 0) is 31.5 Å². The Morgan fingerprint density at radius 2 is 2.04 bits per heavy atom. The van der Waals surface area contributed by atoms with Gasteiger partial charge in [0.25, 0.3) is 0 Å². The fourth-order valence-electron chi connectivity index (χ4n) is 2.59. The van der Waals surface area contributed by atoms with Gasteiger partial charge in [-0.25, -0.2) is 4.98 Å². The zero-order valence-electron chi connectivity index (χ0n) is 13.2. The van der Waals surface area contributed by atoms with Crippen LogP contribution < -0.4 is 5.32 Å². The van der Waals surface area contributed by atoms with Crippen molar-refractivity contribution in [3.8, 4) is 0 Å². The third kappa shape index (κ3) is 3.87. The van der Waals surface area contributed by atoms with E-state index < -0.39 is 0 Å². The molecule has 3 rings (SSSR count). The van der Waals surface area contributed by atoms with Gasteiger partial charge in [0, 0.05) is 17.8 Å². The summed E-state index contributed by atoms with van der Waals surface area (Å²) in [5, 5.41) is 5.48. The Morgan fingerprint density at radius 3 is 2.70 bits per heavy atom. The first-order chi connectivity index (χ1) is 11.1. The molecule has 0 radical (unpaired) electrons. The summed E-state index contributed by atoms with van der Waals surface area (Å²) in [6.07, 6.45) is 4.36. The fraction of sp³-hybridized carbons (Fsp3) is 0.222. The van der Waals surface area contributed by atoms with Crippen molar-refractivity contribution >= 4 is 22.4 Å². The molecule has 0 spiro atoms. The second-order valence-corrected chi connectivity index (χ2v) is 6.46. The molecule has 3 aromatic rings. The molecule has 0 saturated heterocycles. The maximum absolute atomic E-state index is 12.4. The van der Waals surface area contributed by atoms with Gasteiger partial charge in [-0.2, -0.15) is 0 Å². The number of aryl methyl sites for hydroxylation is 2. The zero-order valence-corrected chi connectivity index (χ0v) is 14.0. The van der Waals surface area contributed by atoms with E-state index in [9.17, 15) is 4.79 Å². The van der Waals surface area contributed by atoms with Crippen LogP contribution in [-0.2, 0) is 4.79 Å². The van der Waals surface area contributed by atoms with Crippen LogP contribution >= 0.6 is 11.3 Å². The molecule has 1 unspecified atom stereocenters. The highest BCUT2D eigenvalue weighted by molar-refractivity contribution is 7.13. The number of thiazole rings is 1.